The van der Waals surface area contributed by atoms with Crippen LogP contribution in [0, 0.1) is 0 Å². The fourth-order valence-electron chi connectivity index (χ4n) is 5.33. The third-order valence-electron chi connectivity index (χ3n) is 7.95. The molecular formula is C32H23Cl2N13O17S6. The maximum absolute atomic E-state index is 12.8. The first-order valence-electron chi connectivity index (χ1n) is 17.7. The van der Waals surface area contributed by atoms with Gasteiger partial charge in [0, 0.05) is 11.4 Å². The molecule has 0 aliphatic heterocycles. The number of carbonyl (C=O) groups is 2. The van der Waals surface area contributed by atoms with Crippen molar-refractivity contribution in [2.45, 2.75) is 29.9 Å². The SMILES string of the molecule is Nc1c(N=Nc2cc(Nc3nc(Cl)nc(SCC(=O)O)n3)ccc2SOOO)c(S(=O)(=O)O)cc2cc(SOOO)c(N=Nc3cc(Nc4nc(Cl)nc(SCC(=O)O)n4)ccc3S(=O)(=O)O)c(O)c12. The Balaban J connectivity index is 1.45. The third kappa shape index (κ3) is 14.1. The Labute approximate surface area is 416 Å². The van der Waals surface area contributed by atoms with Gasteiger partial charge in [-0.25, -0.2) is 10.5 Å². The zero-order chi connectivity index (χ0) is 50.9. The molecule has 0 unspecified atom stereocenters. The second kappa shape index (κ2) is 23.3. The van der Waals surface area contributed by atoms with Crippen molar-refractivity contribution in [1.82, 2.24) is 29.9 Å². The maximum Gasteiger partial charge on any atom is 0.313 e. The van der Waals surface area contributed by atoms with E-state index in [0.29, 0.717) is 23.8 Å². The number of thioether (sulfide) groups is 2. The van der Waals surface area contributed by atoms with Gasteiger partial charge in [-0.05, 0) is 77.1 Å². The van der Waals surface area contributed by atoms with Gasteiger partial charge in [-0.15, -0.1) is 29.1 Å². The van der Waals surface area contributed by atoms with Crippen LogP contribution in [-0.2, 0) is 48.6 Å². The number of aliphatic carboxylic acids is 2. The zero-order valence-electron chi connectivity index (χ0n) is 33.5. The maximum atomic E-state index is 12.8. The number of benzene rings is 4. The Bertz CT molecular complexity index is 3310. The Morgan fingerprint density at radius 2 is 1.16 bits per heavy atom. The number of hydrogen-bond acceptors (Lipinski definition) is 30. The summed E-state index contributed by atoms with van der Waals surface area (Å²) in [5.41, 5.74) is 3.66. The van der Waals surface area contributed by atoms with Crippen molar-refractivity contribution in [3.8, 4) is 5.75 Å². The largest absolute Gasteiger partial charge is 0.505 e. The minimum absolute atomic E-state index is 0.0150. The molecule has 11 N–H and O–H groups in total. The zero-order valence-corrected chi connectivity index (χ0v) is 39.9. The van der Waals surface area contributed by atoms with E-state index in [1.807, 2.05) is 0 Å². The second-order valence-corrected chi connectivity index (χ2v) is 19.3. The van der Waals surface area contributed by atoms with Gasteiger partial charge < -0.3 is 31.7 Å². The highest BCUT2D eigenvalue weighted by Crippen LogP contribution is 2.50. The number of azo groups is 2. The summed E-state index contributed by atoms with van der Waals surface area (Å²) in [6.07, 6.45) is 0. The number of phenols is 1. The van der Waals surface area contributed by atoms with Gasteiger partial charge >= 0.3 is 11.9 Å². The number of carboxylic acid groups (broad SMARTS) is 2. The van der Waals surface area contributed by atoms with Crippen molar-refractivity contribution in [2.75, 3.05) is 27.9 Å². The number of halogens is 2. The lowest BCUT2D eigenvalue weighted by Crippen LogP contribution is -2.04. The summed E-state index contributed by atoms with van der Waals surface area (Å²) in [7, 11) is -10.3. The smallest absolute Gasteiger partial charge is 0.313 e. The Morgan fingerprint density at radius 3 is 1.69 bits per heavy atom. The summed E-state index contributed by atoms with van der Waals surface area (Å²) in [6, 6.07) is 8.90. The van der Waals surface area contributed by atoms with Crippen LogP contribution in [-0.4, -0.2) is 105 Å². The number of hydrogen-bond donors (Lipinski definition) is 10. The molecule has 0 spiro atoms. The van der Waals surface area contributed by atoms with Crippen LogP contribution in [0.15, 0.2) is 98.9 Å². The minimum Gasteiger partial charge on any atom is -0.505 e. The summed E-state index contributed by atoms with van der Waals surface area (Å²) in [4.78, 5) is 43.6. The van der Waals surface area contributed by atoms with Gasteiger partial charge in [0.15, 0.2) is 16.1 Å². The fourth-order valence-corrected chi connectivity index (χ4v) is 9.05. The molecule has 4 aromatic carbocycles. The molecule has 0 aliphatic carbocycles. The molecule has 2 aromatic heterocycles. The lowest BCUT2D eigenvalue weighted by Gasteiger charge is -2.14. The molecule has 0 atom stereocenters. The van der Waals surface area contributed by atoms with Crippen molar-refractivity contribution >= 4 is 165 Å². The lowest BCUT2D eigenvalue weighted by atomic mass is 10.1. The van der Waals surface area contributed by atoms with Crippen LogP contribution in [0.4, 0.5) is 51.7 Å². The number of aromatic nitrogens is 6. The van der Waals surface area contributed by atoms with Crippen LogP contribution in [0.5, 0.6) is 5.75 Å². The number of anilines is 5. The summed E-state index contributed by atoms with van der Waals surface area (Å²) in [5.74, 6) is -4.53. The number of nitrogens with one attached hydrogen (secondary N) is 2. The summed E-state index contributed by atoms with van der Waals surface area (Å²) >= 11 is 14.0. The van der Waals surface area contributed by atoms with Gasteiger partial charge in [-0.2, -0.15) is 46.7 Å². The van der Waals surface area contributed by atoms with Crippen LogP contribution >= 0.6 is 70.8 Å². The van der Waals surface area contributed by atoms with E-state index >= 15 is 0 Å². The monoisotopic (exact) mass is 1120 g/mol. The number of nitrogen functional groups attached to an aromatic ring is 1. The second-order valence-electron chi connectivity index (χ2n) is 12.5. The van der Waals surface area contributed by atoms with E-state index in [4.69, 9.17) is 49.7 Å². The van der Waals surface area contributed by atoms with Crippen LogP contribution in [0.1, 0.15) is 0 Å². The Morgan fingerprint density at radius 1 is 0.657 bits per heavy atom. The molecule has 0 fully saturated rings. The van der Waals surface area contributed by atoms with E-state index < -0.39 is 87.4 Å². The number of nitrogens with two attached hydrogens (primary N) is 1. The third-order valence-corrected chi connectivity index (χ3v) is 13.0. The quantitative estimate of drug-likeness (QED) is 0.00588. The van der Waals surface area contributed by atoms with E-state index in [2.05, 4.69) is 79.7 Å². The topological polar surface area (TPSA) is 458 Å². The van der Waals surface area contributed by atoms with Gasteiger partial charge in [0.2, 0.25) is 22.5 Å². The number of fused-ring (bicyclic) bond motifs is 1. The summed E-state index contributed by atoms with van der Waals surface area (Å²) in [6.45, 7) is 0. The van der Waals surface area contributed by atoms with Gasteiger partial charge in [0.1, 0.15) is 32.5 Å². The molecule has 6 rings (SSSR count). The Kier molecular flexibility index (Phi) is 17.8. The molecule has 0 saturated carbocycles. The van der Waals surface area contributed by atoms with Crippen molar-refractivity contribution in [2.24, 2.45) is 20.5 Å². The first kappa shape index (κ1) is 53.4. The fraction of sp³-hybridized carbons (Fsp3) is 0.0625. The number of nitrogens with zero attached hydrogens (tertiary/aromatic N) is 10. The summed E-state index contributed by atoms with van der Waals surface area (Å²) < 4.78 is 80.0. The predicted molar refractivity (Wildman–Crippen MR) is 245 cm³/mol. The molecule has 6 aromatic rings. The highest BCUT2D eigenvalue weighted by Gasteiger charge is 2.26. The molecule has 0 saturated heterocycles. The molecule has 70 heavy (non-hydrogen) atoms. The molecule has 368 valence electrons. The van der Waals surface area contributed by atoms with Crippen LogP contribution in [0.3, 0.4) is 0 Å². The average molecular weight is 1120 g/mol. The van der Waals surface area contributed by atoms with E-state index in [1.54, 1.807) is 0 Å². The van der Waals surface area contributed by atoms with Gasteiger partial charge in [-0.1, -0.05) is 33.6 Å². The van der Waals surface area contributed by atoms with E-state index in [1.165, 1.54) is 18.2 Å². The normalized spacial score (nSPS) is 12.0. The first-order valence-corrected chi connectivity index (χ1v) is 24.8. The van der Waals surface area contributed by atoms with Gasteiger partial charge in [-0.3, -0.25) is 18.7 Å². The number of phenolic OH excluding ortho intramolecular Hbond substituents is 1. The molecule has 0 radical (unpaired) electrons. The molecule has 0 amide bonds. The van der Waals surface area contributed by atoms with Gasteiger partial charge in [0.25, 0.3) is 20.2 Å². The lowest BCUT2D eigenvalue weighted by molar-refractivity contribution is -0.432. The van der Waals surface area contributed by atoms with Crippen molar-refractivity contribution in [1.29, 1.82) is 0 Å². The minimum atomic E-state index is -5.26. The molecular weight excluding hydrogens is 1100 g/mol. The average Bonchev–Trinajstić information content (AvgIpc) is 3.27. The molecule has 30 nitrogen and oxygen atoms in total. The predicted octanol–water partition coefficient (Wildman–Crippen LogP) is 7.83. The van der Waals surface area contributed by atoms with Crippen molar-refractivity contribution in [3.63, 3.8) is 0 Å². The first-order chi connectivity index (χ1) is 33.1. The van der Waals surface area contributed by atoms with E-state index in [-0.39, 0.29) is 77.1 Å². The number of aromatic hydroxyl groups is 1. The Hall–Kier alpha value is -5.94. The molecule has 38 heteroatoms. The van der Waals surface area contributed by atoms with Gasteiger partial charge in [0.05, 0.1) is 56.5 Å². The number of carboxylic acids is 2. The molecule has 2 heterocycles. The van der Waals surface area contributed by atoms with Crippen LogP contribution in [0.25, 0.3) is 10.8 Å². The highest BCUT2D eigenvalue weighted by atomic mass is 35.5. The summed E-state index contributed by atoms with van der Waals surface area (Å²) in [5, 5.41) is 74.8. The molecule has 0 aliphatic rings. The highest BCUT2D eigenvalue weighted by molar-refractivity contribution is 8.00. The number of rotatable bonds is 22. The van der Waals surface area contributed by atoms with Crippen molar-refractivity contribution < 1.29 is 80.1 Å². The van der Waals surface area contributed by atoms with Crippen LogP contribution < -0.4 is 16.4 Å². The van der Waals surface area contributed by atoms with E-state index in [0.717, 1.165) is 42.1 Å². The standard InChI is InChI=1S/C32H23Cl2N13O17S6/c33-27-38-29(42-31(40-27)65-9-20(48)49)36-12-1-3-16(67-63-61-53)14(7-12)44-47-25-19(70(58,59)60)6-11-5-17(68-64-62-54)24(26(52)22(11)23(25)35)46-45-15-8-13(2-4-18(15)69(55,56)57)37-30-39-28(34)41-32(43-30)66-10-21(50)51/h1-8,52-54H,9-10,35H2,(H,48,49)(H,50,51)(H,55,56,57)(H,58,59,60)(H,36,38,40,42)(H,37,39,41,43). The van der Waals surface area contributed by atoms with Crippen molar-refractivity contribution in [3.05, 3.63) is 59.1 Å². The van der Waals surface area contributed by atoms with E-state index in [9.17, 15) is 40.6 Å². The molecule has 0 bridgehead atoms. The van der Waals surface area contributed by atoms with Crippen LogP contribution in [0.2, 0.25) is 10.6 Å².